The van der Waals surface area contributed by atoms with Crippen molar-refractivity contribution in [2.24, 2.45) is 5.73 Å². The van der Waals surface area contributed by atoms with Crippen molar-refractivity contribution in [1.82, 2.24) is 15.1 Å². The van der Waals surface area contributed by atoms with Crippen molar-refractivity contribution in [2.45, 2.75) is 44.2 Å². The van der Waals surface area contributed by atoms with E-state index in [9.17, 15) is 4.79 Å². The highest BCUT2D eigenvalue weighted by Gasteiger charge is 2.34. The highest BCUT2D eigenvalue weighted by Crippen LogP contribution is 2.25. The standard InChI is InChI=1S/C20H32N4O/c21-20(9-5-2-6-10-20)19(25)22-11-12-23-13-15-24(16-14-23)17-18-7-3-1-4-8-18/h1,3-4,7-8H,2,5-6,9-17,21H2,(H,22,25). The largest absolute Gasteiger partial charge is 0.353 e. The second-order valence-electron chi connectivity index (χ2n) is 7.58. The third kappa shape index (κ3) is 5.27. The Morgan fingerprint density at radius 2 is 1.64 bits per heavy atom. The Bertz CT molecular complexity index is 534. The zero-order valence-electron chi connectivity index (χ0n) is 15.3. The molecule has 0 spiro atoms. The maximum Gasteiger partial charge on any atom is 0.240 e. The Labute approximate surface area is 151 Å². The van der Waals surface area contributed by atoms with Crippen molar-refractivity contribution in [2.75, 3.05) is 39.3 Å². The van der Waals surface area contributed by atoms with Gasteiger partial charge in [-0.25, -0.2) is 0 Å². The van der Waals surface area contributed by atoms with Crippen molar-refractivity contribution in [3.05, 3.63) is 35.9 Å². The van der Waals surface area contributed by atoms with Gasteiger partial charge in [0.2, 0.25) is 5.91 Å². The lowest BCUT2D eigenvalue weighted by Gasteiger charge is -2.35. The topological polar surface area (TPSA) is 61.6 Å². The molecule has 5 heteroatoms. The molecular weight excluding hydrogens is 312 g/mol. The molecule has 1 amide bonds. The molecule has 1 saturated carbocycles. The molecule has 1 aromatic rings. The Morgan fingerprint density at radius 3 is 2.32 bits per heavy atom. The van der Waals surface area contributed by atoms with Gasteiger partial charge < -0.3 is 11.1 Å². The van der Waals surface area contributed by atoms with Crippen LogP contribution in [-0.2, 0) is 11.3 Å². The predicted octanol–water partition coefficient (Wildman–Crippen LogP) is 1.58. The van der Waals surface area contributed by atoms with Gasteiger partial charge in [0.1, 0.15) is 0 Å². The maximum absolute atomic E-state index is 12.4. The van der Waals surface area contributed by atoms with E-state index in [0.29, 0.717) is 6.54 Å². The number of amides is 1. The van der Waals surface area contributed by atoms with Crippen LogP contribution in [0.1, 0.15) is 37.7 Å². The molecule has 1 heterocycles. The Morgan fingerprint density at radius 1 is 1.00 bits per heavy atom. The normalized spacial score (nSPS) is 21.8. The molecule has 0 atom stereocenters. The molecule has 25 heavy (non-hydrogen) atoms. The minimum Gasteiger partial charge on any atom is -0.353 e. The molecule has 1 aliphatic carbocycles. The van der Waals surface area contributed by atoms with E-state index in [4.69, 9.17) is 5.73 Å². The van der Waals surface area contributed by atoms with Crippen LogP contribution in [0, 0.1) is 0 Å². The number of hydrogen-bond acceptors (Lipinski definition) is 4. The lowest BCUT2D eigenvalue weighted by Crippen LogP contribution is -2.56. The fraction of sp³-hybridized carbons (Fsp3) is 0.650. The lowest BCUT2D eigenvalue weighted by atomic mass is 9.82. The summed E-state index contributed by atoms with van der Waals surface area (Å²) in [7, 11) is 0. The molecule has 0 bridgehead atoms. The maximum atomic E-state index is 12.4. The van der Waals surface area contributed by atoms with Crippen LogP contribution in [0.4, 0.5) is 0 Å². The fourth-order valence-corrected chi connectivity index (χ4v) is 3.93. The van der Waals surface area contributed by atoms with Gasteiger partial charge in [0.25, 0.3) is 0 Å². The van der Waals surface area contributed by atoms with E-state index in [2.05, 4.69) is 45.4 Å². The van der Waals surface area contributed by atoms with Gasteiger partial charge in [0.05, 0.1) is 5.54 Å². The van der Waals surface area contributed by atoms with Gasteiger partial charge in [-0.2, -0.15) is 0 Å². The first-order chi connectivity index (χ1) is 12.2. The molecule has 0 aromatic heterocycles. The van der Waals surface area contributed by atoms with Gasteiger partial charge in [0, 0.05) is 45.8 Å². The third-order valence-electron chi connectivity index (χ3n) is 5.63. The zero-order chi connectivity index (χ0) is 17.5. The first-order valence-corrected chi connectivity index (χ1v) is 9.72. The molecule has 1 saturated heterocycles. The second-order valence-corrected chi connectivity index (χ2v) is 7.58. The Balaban J connectivity index is 1.33. The molecular formula is C20H32N4O. The summed E-state index contributed by atoms with van der Waals surface area (Å²) >= 11 is 0. The summed E-state index contributed by atoms with van der Waals surface area (Å²) in [6.07, 6.45) is 5.02. The number of nitrogens with zero attached hydrogens (tertiary/aromatic N) is 2. The van der Waals surface area contributed by atoms with Crippen molar-refractivity contribution in [3.63, 3.8) is 0 Å². The molecule has 1 aromatic carbocycles. The summed E-state index contributed by atoms with van der Waals surface area (Å²) in [5.41, 5.74) is 7.04. The van der Waals surface area contributed by atoms with E-state index in [1.807, 2.05) is 0 Å². The summed E-state index contributed by atoms with van der Waals surface area (Å²) in [6.45, 7) is 6.96. The number of carbonyl (C=O) groups is 1. The molecule has 2 fully saturated rings. The molecule has 5 nitrogen and oxygen atoms in total. The zero-order valence-corrected chi connectivity index (χ0v) is 15.3. The van der Waals surface area contributed by atoms with Crippen molar-refractivity contribution in [1.29, 1.82) is 0 Å². The number of nitrogens with one attached hydrogen (secondary N) is 1. The Hall–Kier alpha value is -1.43. The van der Waals surface area contributed by atoms with Crippen LogP contribution in [0.3, 0.4) is 0 Å². The van der Waals surface area contributed by atoms with Crippen molar-refractivity contribution >= 4 is 5.91 Å². The van der Waals surface area contributed by atoms with E-state index in [1.165, 1.54) is 12.0 Å². The van der Waals surface area contributed by atoms with Gasteiger partial charge in [-0.05, 0) is 18.4 Å². The first kappa shape index (κ1) is 18.4. The quantitative estimate of drug-likeness (QED) is 0.823. The summed E-state index contributed by atoms with van der Waals surface area (Å²) in [5, 5.41) is 3.07. The molecule has 3 N–H and O–H groups in total. The van der Waals surface area contributed by atoms with E-state index in [0.717, 1.165) is 65.0 Å². The Kier molecular flexibility index (Phi) is 6.45. The highest BCUT2D eigenvalue weighted by molar-refractivity contribution is 5.86. The van der Waals surface area contributed by atoms with Crippen LogP contribution in [0.5, 0.6) is 0 Å². The van der Waals surface area contributed by atoms with Crippen molar-refractivity contribution < 1.29 is 4.79 Å². The minimum absolute atomic E-state index is 0.0508. The smallest absolute Gasteiger partial charge is 0.240 e. The monoisotopic (exact) mass is 344 g/mol. The van der Waals surface area contributed by atoms with Crippen LogP contribution < -0.4 is 11.1 Å². The number of benzene rings is 1. The molecule has 0 radical (unpaired) electrons. The van der Waals surface area contributed by atoms with Gasteiger partial charge in [-0.15, -0.1) is 0 Å². The summed E-state index contributed by atoms with van der Waals surface area (Å²) in [4.78, 5) is 17.3. The highest BCUT2D eigenvalue weighted by atomic mass is 16.2. The average molecular weight is 345 g/mol. The van der Waals surface area contributed by atoms with Gasteiger partial charge in [-0.1, -0.05) is 49.6 Å². The lowest BCUT2D eigenvalue weighted by molar-refractivity contribution is -0.127. The number of rotatable bonds is 6. The first-order valence-electron chi connectivity index (χ1n) is 9.72. The van der Waals surface area contributed by atoms with Crippen molar-refractivity contribution in [3.8, 4) is 0 Å². The summed E-state index contributed by atoms with van der Waals surface area (Å²) < 4.78 is 0. The van der Waals surface area contributed by atoms with E-state index in [1.54, 1.807) is 0 Å². The third-order valence-corrected chi connectivity index (χ3v) is 5.63. The number of nitrogens with two attached hydrogens (primary N) is 1. The number of hydrogen-bond donors (Lipinski definition) is 2. The average Bonchev–Trinajstić information content (AvgIpc) is 2.64. The molecule has 3 rings (SSSR count). The molecule has 1 aliphatic heterocycles. The molecule has 138 valence electrons. The predicted molar refractivity (Wildman–Crippen MR) is 101 cm³/mol. The molecule has 2 aliphatic rings. The summed E-state index contributed by atoms with van der Waals surface area (Å²) in [6, 6.07) is 10.6. The van der Waals surface area contributed by atoms with Gasteiger partial charge in [-0.3, -0.25) is 14.6 Å². The van der Waals surface area contributed by atoms with Gasteiger partial charge >= 0.3 is 0 Å². The number of carbonyl (C=O) groups excluding carboxylic acids is 1. The van der Waals surface area contributed by atoms with E-state index in [-0.39, 0.29) is 5.91 Å². The van der Waals surface area contributed by atoms with Crippen LogP contribution in [0.25, 0.3) is 0 Å². The SMILES string of the molecule is NC1(C(=O)NCCN2CCN(Cc3ccccc3)CC2)CCCCC1. The van der Waals surface area contributed by atoms with Crippen LogP contribution in [0.2, 0.25) is 0 Å². The van der Waals surface area contributed by atoms with Gasteiger partial charge in [0.15, 0.2) is 0 Å². The molecule has 0 unspecified atom stereocenters. The minimum atomic E-state index is -0.618. The second kappa shape index (κ2) is 8.79. The van der Waals surface area contributed by atoms with Crippen LogP contribution in [0.15, 0.2) is 30.3 Å². The fourth-order valence-electron chi connectivity index (χ4n) is 3.93. The van der Waals surface area contributed by atoms with Crippen LogP contribution in [-0.4, -0.2) is 60.5 Å². The number of piperazine rings is 1. The summed E-state index contributed by atoms with van der Waals surface area (Å²) in [5.74, 6) is 0.0508. The van der Waals surface area contributed by atoms with Crippen LogP contribution >= 0.6 is 0 Å². The van der Waals surface area contributed by atoms with E-state index < -0.39 is 5.54 Å². The van der Waals surface area contributed by atoms with E-state index >= 15 is 0 Å².